The molecule has 0 aromatic heterocycles. The summed E-state index contributed by atoms with van der Waals surface area (Å²) in [6.45, 7) is 3.01. The highest BCUT2D eigenvalue weighted by atomic mass is 32.2. The first kappa shape index (κ1) is 11.7. The maximum atomic E-state index is 11.0. The molecule has 2 atom stereocenters. The SMILES string of the molecule is CC(CS(C)=O)NC1=NCCCCC1. The van der Waals surface area contributed by atoms with Crippen LogP contribution in [0, 0.1) is 0 Å². The van der Waals surface area contributed by atoms with Crippen LogP contribution in [0.3, 0.4) is 0 Å². The molecule has 0 saturated carbocycles. The summed E-state index contributed by atoms with van der Waals surface area (Å²) in [4.78, 5) is 4.48. The first-order valence-corrected chi connectivity index (χ1v) is 7.01. The lowest BCUT2D eigenvalue weighted by Gasteiger charge is -2.14. The lowest BCUT2D eigenvalue weighted by molar-refractivity contribution is 0.667. The van der Waals surface area contributed by atoms with E-state index in [1.807, 2.05) is 0 Å². The van der Waals surface area contributed by atoms with Crippen LogP contribution >= 0.6 is 0 Å². The number of nitrogens with one attached hydrogen (secondary N) is 1. The van der Waals surface area contributed by atoms with Crippen LogP contribution in [0.5, 0.6) is 0 Å². The van der Waals surface area contributed by atoms with Gasteiger partial charge in [0.15, 0.2) is 0 Å². The zero-order valence-electron chi connectivity index (χ0n) is 9.08. The molecule has 0 spiro atoms. The van der Waals surface area contributed by atoms with Crippen LogP contribution in [0.1, 0.15) is 32.6 Å². The summed E-state index contributed by atoms with van der Waals surface area (Å²) in [5, 5.41) is 3.35. The maximum Gasteiger partial charge on any atom is 0.0965 e. The van der Waals surface area contributed by atoms with Crippen LogP contribution in [0.15, 0.2) is 4.99 Å². The van der Waals surface area contributed by atoms with E-state index < -0.39 is 10.8 Å². The molecule has 1 heterocycles. The Balaban J connectivity index is 2.33. The van der Waals surface area contributed by atoms with Crippen molar-refractivity contribution in [1.82, 2.24) is 5.32 Å². The molecular weight excluding hydrogens is 196 g/mol. The first-order valence-electron chi connectivity index (χ1n) is 5.28. The van der Waals surface area contributed by atoms with Gasteiger partial charge in [-0.1, -0.05) is 6.42 Å². The van der Waals surface area contributed by atoms with Crippen molar-refractivity contribution in [2.24, 2.45) is 4.99 Å². The van der Waals surface area contributed by atoms with Gasteiger partial charge in [-0.3, -0.25) is 9.20 Å². The van der Waals surface area contributed by atoms with Crippen molar-refractivity contribution in [1.29, 1.82) is 0 Å². The summed E-state index contributed by atoms with van der Waals surface area (Å²) >= 11 is 0. The standard InChI is InChI=1S/C10H20N2OS/c1-9(8-14(2)13)12-10-6-4-3-5-7-11-10/h9H,3-8H2,1-2H3,(H,11,12). The Morgan fingerprint density at radius 3 is 3.00 bits per heavy atom. The molecule has 0 aromatic rings. The predicted molar refractivity (Wildman–Crippen MR) is 62.3 cm³/mol. The second kappa shape index (κ2) is 6.17. The van der Waals surface area contributed by atoms with E-state index in [2.05, 4.69) is 17.2 Å². The average molecular weight is 216 g/mol. The Bertz CT molecular complexity index is 228. The van der Waals surface area contributed by atoms with E-state index in [0.717, 1.165) is 18.8 Å². The smallest absolute Gasteiger partial charge is 0.0965 e. The van der Waals surface area contributed by atoms with E-state index >= 15 is 0 Å². The van der Waals surface area contributed by atoms with E-state index in [1.54, 1.807) is 6.26 Å². The number of hydrogen-bond acceptors (Lipinski definition) is 3. The van der Waals surface area contributed by atoms with E-state index in [1.165, 1.54) is 19.3 Å². The number of rotatable bonds is 3. The summed E-state index contributed by atoms with van der Waals surface area (Å²) in [6.07, 6.45) is 6.52. The monoisotopic (exact) mass is 216 g/mol. The molecule has 1 aliphatic rings. The van der Waals surface area contributed by atoms with E-state index in [9.17, 15) is 4.21 Å². The van der Waals surface area contributed by atoms with E-state index in [-0.39, 0.29) is 6.04 Å². The van der Waals surface area contributed by atoms with Crippen LogP contribution < -0.4 is 5.32 Å². The summed E-state index contributed by atoms with van der Waals surface area (Å²) in [5.41, 5.74) is 0. The molecule has 14 heavy (non-hydrogen) atoms. The second-order valence-corrected chi connectivity index (χ2v) is 5.40. The van der Waals surface area contributed by atoms with Gasteiger partial charge < -0.3 is 5.32 Å². The van der Waals surface area contributed by atoms with E-state index in [4.69, 9.17) is 0 Å². The molecule has 2 unspecified atom stereocenters. The van der Waals surface area contributed by atoms with Gasteiger partial charge in [0, 0.05) is 41.8 Å². The van der Waals surface area contributed by atoms with Gasteiger partial charge in [0.2, 0.25) is 0 Å². The molecule has 0 fully saturated rings. The van der Waals surface area contributed by atoms with Crippen LogP contribution in [-0.2, 0) is 10.8 Å². The Labute approximate surface area is 88.8 Å². The fourth-order valence-electron chi connectivity index (χ4n) is 1.67. The molecule has 0 amide bonds. The van der Waals surface area contributed by atoms with Gasteiger partial charge in [-0.05, 0) is 19.8 Å². The largest absolute Gasteiger partial charge is 0.370 e. The molecule has 3 nitrogen and oxygen atoms in total. The number of amidine groups is 1. The first-order chi connectivity index (χ1) is 6.68. The third-order valence-corrected chi connectivity index (χ3v) is 3.24. The average Bonchev–Trinajstić information content (AvgIpc) is 2.31. The molecule has 1 aliphatic heterocycles. The maximum absolute atomic E-state index is 11.0. The van der Waals surface area contributed by atoms with Gasteiger partial charge in [-0.25, -0.2) is 0 Å². The molecular formula is C10H20N2OS. The summed E-state index contributed by atoms with van der Waals surface area (Å²) in [7, 11) is -0.722. The molecule has 0 radical (unpaired) electrons. The number of aliphatic imine (C=N–C) groups is 1. The minimum absolute atomic E-state index is 0.276. The van der Waals surface area contributed by atoms with Crippen molar-refractivity contribution in [3.8, 4) is 0 Å². The Morgan fingerprint density at radius 1 is 1.50 bits per heavy atom. The van der Waals surface area contributed by atoms with Crippen LogP contribution in [0.4, 0.5) is 0 Å². The quantitative estimate of drug-likeness (QED) is 0.773. The molecule has 82 valence electrons. The summed E-state index contributed by atoms with van der Waals surface area (Å²) in [6, 6.07) is 0.276. The van der Waals surface area contributed by atoms with Crippen molar-refractivity contribution in [2.75, 3.05) is 18.6 Å². The van der Waals surface area contributed by atoms with Crippen LogP contribution in [0.2, 0.25) is 0 Å². The highest BCUT2D eigenvalue weighted by Crippen LogP contribution is 2.06. The summed E-state index contributed by atoms with van der Waals surface area (Å²) in [5.74, 6) is 1.82. The second-order valence-electron chi connectivity index (χ2n) is 3.92. The van der Waals surface area contributed by atoms with Crippen molar-refractivity contribution in [2.45, 2.75) is 38.6 Å². The number of hydrogen-bond donors (Lipinski definition) is 1. The lowest BCUT2D eigenvalue weighted by atomic mass is 10.2. The van der Waals surface area contributed by atoms with E-state index in [0.29, 0.717) is 5.75 Å². The van der Waals surface area contributed by atoms with Gasteiger partial charge in [0.25, 0.3) is 0 Å². The number of nitrogens with zero attached hydrogens (tertiary/aromatic N) is 1. The lowest BCUT2D eigenvalue weighted by Crippen LogP contribution is -2.36. The Morgan fingerprint density at radius 2 is 2.29 bits per heavy atom. The molecule has 0 bridgehead atoms. The highest BCUT2D eigenvalue weighted by Gasteiger charge is 2.08. The Hall–Kier alpha value is -0.380. The third-order valence-electron chi connectivity index (χ3n) is 2.27. The van der Waals surface area contributed by atoms with Crippen molar-refractivity contribution in [3.05, 3.63) is 0 Å². The van der Waals surface area contributed by atoms with Gasteiger partial charge in [-0.2, -0.15) is 0 Å². The summed E-state index contributed by atoms with van der Waals surface area (Å²) < 4.78 is 11.0. The fraction of sp³-hybridized carbons (Fsp3) is 0.900. The minimum atomic E-state index is -0.722. The molecule has 0 aliphatic carbocycles. The van der Waals surface area contributed by atoms with Crippen molar-refractivity contribution >= 4 is 16.6 Å². The molecule has 0 aromatic carbocycles. The fourth-order valence-corrected chi connectivity index (χ4v) is 2.46. The van der Waals surface area contributed by atoms with Gasteiger partial charge in [-0.15, -0.1) is 0 Å². The molecule has 1 rings (SSSR count). The predicted octanol–water partition coefficient (Wildman–Crippen LogP) is 1.32. The minimum Gasteiger partial charge on any atom is -0.370 e. The highest BCUT2D eigenvalue weighted by molar-refractivity contribution is 7.84. The molecule has 4 heteroatoms. The van der Waals surface area contributed by atoms with Gasteiger partial charge >= 0.3 is 0 Å². The van der Waals surface area contributed by atoms with Crippen LogP contribution in [0.25, 0.3) is 0 Å². The molecule has 1 N–H and O–H groups in total. The van der Waals surface area contributed by atoms with Gasteiger partial charge in [0.1, 0.15) is 0 Å². The normalized spacial score (nSPS) is 22.0. The Kier molecular flexibility index (Phi) is 5.15. The van der Waals surface area contributed by atoms with Gasteiger partial charge in [0.05, 0.1) is 5.84 Å². The topological polar surface area (TPSA) is 41.5 Å². The zero-order chi connectivity index (χ0) is 10.4. The van der Waals surface area contributed by atoms with Crippen molar-refractivity contribution in [3.63, 3.8) is 0 Å². The third kappa shape index (κ3) is 4.74. The molecule has 0 saturated heterocycles. The van der Waals surface area contributed by atoms with Crippen molar-refractivity contribution < 1.29 is 4.21 Å². The van der Waals surface area contributed by atoms with Crippen LogP contribution in [-0.4, -0.2) is 34.6 Å². The zero-order valence-corrected chi connectivity index (χ0v) is 9.90.